The van der Waals surface area contributed by atoms with Crippen molar-refractivity contribution in [2.75, 3.05) is 5.32 Å². The van der Waals surface area contributed by atoms with Crippen LogP contribution in [0.15, 0.2) is 22.7 Å². The summed E-state index contributed by atoms with van der Waals surface area (Å²) >= 11 is 0. The van der Waals surface area contributed by atoms with Crippen LogP contribution in [0.3, 0.4) is 0 Å². The van der Waals surface area contributed by atoms with Gasteiger partial charge in [-0.05, 0) is 30.2 Å². The molecule has 0 spiro atoms. The number of carbonyl (C=O) groups excluding carboxylic acids is 1. The van der Waals surface area contributed by atoms with E-state index in [9.17, 15) is 4.79 Å². The SMILES string of the molecule is NCc1nc(-c2ccc3c(c2)CCC(=O)N3)no1. The largest absolute Gasteiger partial charge is 0.338 e. The average molecular weight is 244 g/mol. The lowest BCUT2D eigenvalue weighted by atomic mass is 10.0. The van der Waals surface area contributed by atoms with Gasteiger partial charge in [-0.15, -0.1) is 0 Å². The maximum atomic E-state index is 11.3. The number of hydrogen-bond donors (Lipinski definition) is 2. The Labute approximate surface area is 103 Å². The van der Waals surface area contributed by atoms with Crippen molar-refractivity contribution in [3.8, 4) is 11.4 Å². The van der Waals surface area contributed by atoms with Gasteiger partial charge in [-0.2, -0.15) is 4.98 Å². The minimum atomic E-state index is 0.0558. The van der Waals surface area contributed by atoms with E-state index in [1.54, 1.807) is 0 Å². The molecule has 92 valence electrons. The zero-order valence-electron chi connectivity index (χ0n) is 9.64. The van der Waals surface area contributed by atoms with E-state index in [0.717, 1.165) is 23.2 Å². The van der Waals surface area contributed by atoms with Gasteiger partial charge in [-0.3, -0.25) is 4.79 Å². The van der Waals surface area contributed by atoms with E-state index >= 15 is 0 Å². The second-order valence-corrected chi connectivity index (χ2v) is 4.14. The van der Waals surface area contributed by atoms with E-state index in [2.05, 4.69) is 15.5 Å². The number of nitrogens with zero attached hydrogens (tertiary/aromatic N) is 2. The van der Waals surface area contributed by atoms with Crippen LogP contribution in [0.1, 0.15) is 17.9 Å². The van der Waals surface area contributed by atoms with Crippen LogP contribution in [-0.2, 0) is 17.8 Å². The number of anilines is 1. The third-order valence-corrected chi connectivity index (χ3v) is 2.90. The maximum absolute atomic E-state index is 11.3. The van der Waals surface area contributed by atoms with Gasteiger partial charge in [0.1, 0.15) is 0 Å². The van der Waals surface area contributed by atoms with E-state index in [4.69, 9.17) is 10.3 Å². The molecule has 2 aromatic rings. The summed E-state index contributed by atoms with van der Waals surface area (Å²) in [5, 5.41) is 6.70. The standard InChI is InChI=1S/C12H12N4O2/c13-6-11-15-12(16-18-11)8-1-3-9-7(5-8)2-4-10(17)14-9/h1,3,5H,2,4,6,13H2,(H,14,17). The summed E-state index contributed by atoms with van der Waals surface area (Å²) in [6.45, 7) is 0.230. The molecular formula is C12H12N4O2. The highest BCUT2D eigenvalue weighted by Crippen LogP contribution is 2.27. The van der Waals surface area contributed by atoms with E-state index in [1.807, 2.05) is 18.2 Å². The van der Waals surface area contributed by atoms with Crippen molar-refractivity contribution in [2.45, 2.75) is 19.4 Å². The predicted molar refractivity (Wildman–Crippen MR) is 64.6 cm³/mol. The molecule has 3 N–H and O–H groups in total. The second-order valence-electron chi connectivity index (χ2n) is 4.14. The lowest BCUT2D eigenvalue weighted by Crippen LogP contribution is -2.18. The van der Waals surface area contributed by atoms with Crippen LogP contribution in [0.4, 0.5) is 5.69 Å². The van der Waals surface area contributed by atoms with Crippen LogP contribution in [-0.4, -0.2) is 16.0 Å². The van der Waals surface area contributed by atoms with Crippen molar-refractivity contribution in [2.24, 2.45) is 5.73 Å². The zero-order valence-corrected chi connectivity index (χ0v) is 9.64. The summed E-state index contributed by atoms with van der Waals surface area (Å²) in [7, 11) is 0. The molecule has 1 aliphatic heterocycles. The Kier molecular flexibility index (Phi) is 2.56. The molecule has 1 aliphatic rings. The Bertz CT molecular complexity index is 606. The van der Waals surface area contributed by atoms with Crippen LogP contribution in [0.5, 0.6) is 0 Å². The van der Waals surface area contributed by atoms with Crippen LogP contribution in [0, 0.1) is 0 Å². The zero-order chi connectivity index (χ0) is 12.5. The highest BCUT2D eigenvalue weighted by atomic mass is 16.5. The number of rotatable bonds is 2. The van der Waals surface area contributed by atoms with Crippen LogP contribution >= 0.6 is 0 Å². The van der Waals surface area contributed by atoms with Crippen LogP contribution in [0.2, 0.25) is 0 Å². The van der Waals surface area contributed by atoms with Crippen molar-refractivity contribution >= 4 is 11.6 Å². The summed E-state index contributed by atoms with van der Waals surface area (Å²) in [4.78, 5) is 15.4. The molecule has 6 nitrogen and oxygen atoms in total. The van der Waals surface area contributed by atoms with Gasteiger partial charge >= 0.3 is 0 Å². The summed E-state index contributed by atoms with van der Waals surface area (Å²) in [5.74, 6) is 0.992. The Morgan fingerprint density at radius 2 is 2.28 bits per heavy atom. The van der Waals surface area contributed by atoms with Crippen molar-refractivity contribution in [3.05, 3.63) is 29.7 Å². The fraction of sp³-hybridized carbons (Fsp3) is 0.250. The first-order valence-corrected chi connectivity index (χ1v) is 5.72. The van der Waals surface area contributed by atoms with Crippen LogP contribution in [0.25, 0.3) is 11.4 Å². The third kappa shape index (κ3) is 1.86. The fourth-order valence-corrected chi connectivity index (χ4v) is 1.98. The number of carbonyl (C=O) groups is 1. The topological polar surface area (TPSA) is 94.0 Å². The van der Waals surface area contributed by atoms with Crippen LogP contribution < -0.4 is 11.1 Å². The summed E-state index contributed by atoms with van der Waals surface area (Å²) in [6.07, 6.45) is 1.24. The van der Waals surface area contributed by atoms with Gasteiger partial charge in [0.25, 0.3) is 0 Å². The number of amides is 1. The molecule has 18 heavy (non-hydrogen) atoms. The van der Waals surface area contributed by atoms with Gasteiger partial charge in [0.2, 0.25) is 17.6 Å². The molecule has 0 unspecified atom stereocenters. The molecule has 0 atom stereocenters. The molecule has 1 aromatic heterocycles. The number of benzene rings is 1. The number of fused-ring (bicyclic) bond motifs is 1. The fourth-order valence-electron chi connectivity index (χ4n) is 1.98. The number of nitrogens with one attached hydrogen (secondary N) is 1. The molecule has 1 amide bonds. The van der Waals surface area contributed by atoms with Gasteiger partial charge in [0.15, 0.2) is 0 Å². The monoisotopic (exact) mass is 244 g/mol. The van der Waals surface area contributed by atoms with E-state index in [-0.39, 0.29) is 12.5 Å². The minimum Gasteiger partial charge on any atom is -0.338 e. The van der Waals surface area contributed by atoms with Gasteiger partial charge in [0.05, 0.1) is 6.54 Å². The first-order chi connectivity index (χ1) is 8.76. The predicted octanol–water partition coefficient (Wildman–Crippen LogP) is 1.08. The summed E-state index contributed by atoms with van der Waals surface area (Å²) < 4.78 is 4.97. The minimum absolute atomic E-state index is 0.0558. The quantitative estimate of drug-likeness (QED) is 0.824. The maximum Gasteiger partial charge on any atom is 0.240 e. The second kappa shape index (κ2) is 4.23. The first-order valence-electron chi connectivity index (χ1n) is 5.72. The number of hydrogen-bond acceptors (Lipinski definition) is 5. The lowest BCUT2D eigenvalue weighted by molar-refractivity contribution is -0.116. The average Bonchev–Trinajstić information content (AvgIpc) is 2.87. The molecule has 0 fully saturated rings. The van der Waals surface area contributed by atoms with Crippen molar-refractivity contribution in [3.63, 3.8) is 0 Å². The smallest absolute Gasteiger partial charge is 0.240 e. The van der Waals surface area contributed by atoms with Crippen molar-refractivity contribution in [1.82, 2.24) is 10.1 Å². The molecule has 3 rings (SSSR count). The third-order valence-electron chi connectivity index (χ3n) is 2.90. The molecule has 0 saturated heterocycles. The van der Waals surface area contributed by atoms with Gasteiger partial charge < -0.3 is 15.6 Å². The summed E-state index contributed by atoms with van der Waals surface area (Å²) in [5.41, 5.74) is 8.24. The Morgan fingerprint density at radius 1 is 1.39 bits per heavy atom. The highest BCUT2D eigenvalue weighted by molar-refractivity contribution is 5.94. The van der Waals surface area contributed by atoms with E-state index in [0.29, 0.717) is 18.1 Å². The number of aryl methyl sites for hydroxylation is 1. The molecule has 0 bridgehead atoms. The number of nitrogens with two attached hydrogens (primary N) is 1. The van der Waals surface area contributed by atoms with Crippen molar-refractivity contribution < 1.29 is 9.32 Å². The van der Waals surface area contributed by atoms with Gasteiger partial charge in [-0.25, -0.2) is 0 Å². The lowest BCUT2D eigenvalue weighted by Gasteiger charge is -2.16. The van der Waals surface area contributed by atoms with Gasteiger partial charge in [-0.1, -0.05) is 5.16 Å². The van der Waals surface area contributed by atoms with Gasteiger partial charge in [0, 0.05) is 17.7 Å². The Morgan fingerprint density at radius 3 is 3.06 bits per heavy atom. The molecule has 0 saturated carbocycles. The molecule has 0 radical (unpaired) electrons. The molecular weight excluding hydrogens is 232 g/mol. The number of aromatic nitrogens is 2. The first kappa shape index (κ1) is 10.9. The highest BCUT2D eigenvalue weighted by Gasteiger charge is 2.16. The normalized spacial score (nSPS) is 14.2. The Balaban J connectivity index is 1.97. The molecule has 0 aliphatic carbocycles. The van der Waals surface area contributed by atoms with Crippen molar-refractivity contribution in [1.29, 1.82) is 0 Å². The summed E-state index contributed by atoms with van der Waals surface area (Å²) in [6, 6.07) is 5.69. The van der Waals surface area contributed by atoms with E-state index in [1.165, 1.54) is 0 Å². The molecule has 2 heterocycles. The molecule has 6 heteroatoms. The van der Waals surface area contributed by atoms with E-state index < -0.39 is 0 Å². The Hall–Kier alpha value is -2.21. The molecule has 1 aromatic carbocycles.